The van der Waals surface area contributed by atoms with Gasteiger partial charge in [-0.15, -0.1) is 0 Å². The zero-order valence-electron chi connectivity index (χ0n) is 6.29. The summed E-state index contributed by atoms with van der Waals surface area (Å²) < 4.78 is 24.7. The molecule has 0 aromatic rings. The molecule has 0 aromatic carbocycles. The van der Waals surface area contributed by atoms with Gasteiger partial charge in [-0.3, -0.25) is 0 Å². The van der Waals surface area contributed by atoms with Crippen molar-refractivity contribution in [1.82, 2.24) is 4.72 Å². The average molecular weight is 179 g/mol. The second kappa shape index (κ2) is 3.54. The van der Waals surface area contributed by atoms with Crippen molar-refractivity contribution in [3.05, 3.63) is 0 Å². The monoisotopic (exact) mass is 179 g/mol. The normalized spacial score (nSPS) is 18.1. The maximum Gasteiger partial charge on any atom is 0.214 e. The van der Waals surface area contributed by atoms with Crippen LogP contribution in [0.3, 0.4) is 0 Å². The fraction of sp³-hybridized carbons (Fsp3) is 1.00. The lowest BCUT2D eigenvalue weighted by Gasteiger charge is -2.06. The summed E-state index contributed by atoms with van der Waals surface area (Å²) in [6.45, 7) is 3.37. The van der Waals surface area contributed by atoms with Crippen LogP contribution in [0.2, 0.25) is 0 Å². The summed E-state index contributed by atoms with van der Waals surface area (Å²) in [7, 11) is -2.98. The van der Waals surface area contributed by atoms with E-state index in [1.165, 1.54) is 0 Å². The lowest BCUT2D eigenvalue weighted by atomic mass is 10.6. The molecule has 0 bridgehead atoms. The van der Waals surface area contributed by atoms with Crippen molar-refractivity contribution in [2.24, 2.45) is 0 Å². The smallest absolute Gasteiger partial charge is 0.212 e. The predicted octanol–water partition coefficient (Wildman–Crippen LogP) is 1.11. The Morgan fingerprint density at radius 1 is 1.36 bits per heavy atom. The van der Waals surface area contributed by atoms with Crippen LogP contribution in [0.5, 0.6) is 0 Å². The Morgan fingerprint density at radius 3 is 2.09 bits per heavy atom. The van der Waals surface area contributed by atoms with E-state index < -0.39 is 10.0 Å². The summed E-state index contributed by atoms with van der Waals surface area (Å²) in [4.78, 5) is 0. The Morgan fingerprint density at radius 2 is 1.82 bits per heavy atom. The highest BCUT2D eigenvalue weighted by atomic mass is 32.2. The van der Waals surface area contributed by atoms with Gasteiger partial charge in [0.15, 0.2) is 0 Å². The van der Waals surface area contributed by atoms with Gasteiger partial charge in [-0.1, -0.05) is 7.43 Å². The van der Waals surface area contributed by atoms with Gasteiger partial charge >= 0.3 is 0 Å². The Balaban J connectivity index is 0.000001000. The van der Waals surface area contributed by atoms with Crippen molar-refractivity contribution in [3.63, 3.8) is 0 Å². The molecule has 0 saturated heterocycles. The van der Waals surface area contributed by atoms with E-state index in [4.69, 9.17) is 0 Å². The topological polar surface area (TPSA) is 46.2 Å². The van der Waals surface area contributed by atoms with Gasteiger partial charge in [0, 0.05) is 6.04 Å². The first-order valence-electron chi connectivity index (χ1n) is 3.53. The molecule has 0 amide bonds. The van der Waals surface area contributed by atoms with Crippen LogP contribution in [0, 0.1) is 0 Å². The van der Waals surface area contributed by atoms with Crippen molar-refractivity contribution in [2.75, 3.05) is 0 Å². The fourth-order valence-electron chi connectivity index (χ4n) is 0.570. The van der Waals surface area contributed by atoms with E-state index in [0.717, 1.165) is 12.8 Å². The predicted molar refractivity (Wildman–Crippen MR) is 46.9 cm³/mol. The molecule has 0 unspecified atom stereocenters. The van der Waals surface area contributed by atoms with E-state index in [1.54, 1.807) is 13.8 Å². The van der Waals surface area contributed by atoms with Gasteiger partial charge in [-0.05, 0) is 26.7 Å². The molecule has 0 aliphatic heterocycles. The maximum atomic E-state index is 11.1. The van der Waals surface area contributed by atoms with E-state index in [-0.39, 0.29) is 18.7 Å². The summed E-state index contributed by atoms with van der Waals surface area (Å²) in [6.07, 6.45) is 2.01. The molecule has 1 aliphatic rings. The minimum atomic E-state index is -2.98. The molecule has 0 atom stereocenters. The van der Waals surface area contributed by atoms with Crippen LogP contribution in [0.25, 0.3) is 0 Å². The molecular formula is C7H17NO2S. The summed E-state index contributed by atoms with van der Waals surface area (Å²) in [6, 6.07) is 0.243. The number of hydrogen-bond donors (Lipinski definition) is 1. The molecule has 11 heavy (non-hydrogen) atoms. The van der Waals surface area contributed by atoms with Crippen LogP contribution >= 0.6 is 0 Å². The van der Waals surface area contributed by atoms with E-state index in [1.807, 2.05) is 0 Å². The Kier molecular flexibility index (Phi) is 3.51. The summed E-state index contributed by atoms with van der Waals surface area (Å²) in [5.74, 6) is 0. The highest BCUT2D eigenvalue weighted by Gasteiger charge is 2.28. The molecule has 0 radical (unpaired) electrons. The molecule has 1 N–H and O–H groups in total. The largest absolute Gasteiger partial charge is 0.214 e. The molecule has 1 rings (SSSR count). The first kappa shape index (κ1) is 10.9. The lowest BCUT2D eigenvalue weighted by Crippen LogP contribution is -2.32. The Bertz CT molecular complexity index is 204. The zero-order valence-corrected chi connectivity index (χ0v) is 7.11. The number of nitrogens with one attached hydrogen (secondary N) is 1. The van der Waals surface area contributed by atoms with Gasteiger partial charge in [0.05, 0.1) is 5.25 Å². The van der Waals surface area contributed by atoms with Gasteiger partial charge < -0.3 is 0 Å². The molecule has 68 valence electrons. The van der Waals surface area contributed by atoms with E-state index in [2.05, 4.69) is 4.72 Å². The standard InChI is InChI=1S/C6H13NO2S.CH4/c1-5(2)10(8,9)7-6-3-4-6;/h5-7H,3-4H2,1-2H3;1H4. The molecule has 0 spiro atoms. The van der Waals surface area contributed by atoms with Crippen molar-refractivity contribution in [1.29, 1.82) is 0 Å². The molecule has 1 aliphatic carbocycles. The minimum absolute atomic E-state index is 0. The summed E-state index contributed by atoms with van der Waals surface area (Å²) >= 11 is 0. The van der Waals surface area contributed by atoms with Gasteiger partial charge in [0.25, 0.3) is 0 Å². The molecular weight excluding hydrogens is 162 g/mol. The molecule has 4 heteroatoms. The number of sulfonamides is 1. The van der Waals surface area contributed by atoms with Gasteiger partial charge in [0.1, 0.15) is 0 Å². The van der Waals surface area contributed by atoms with Crippen LogP contribution in [0.15, 0.2) is 0 Å². The first-order valence-corrected chi connectivity index (χ1v) is 5.08. The third kappa shape index (κ3) is 3.20. The molecule has 1 fully saturated rings. The third-order valence-corrected chi connectivity index (χ3v) is 3.43. The second-order valence-electron chi connectivity index (χ2n) is 2.99. The fourth-order valence-corrected chi connectivity index (χ4v) is 1.54. The van der Waals surface area contributed by atoms with Crippen molar-refractivity contribution in [3.8, 4) is 0 Å². The van der Waals surface area contributed by atoms with E-state index >= 15 is 0 Å². The molecule has 0 heterocycles. The molecule has 1 saturated carbocycles. The Hall–Kier alpha value is -0.0900. The first-order chi connectivity index (χ1) is 4.52. The van der Waals surface area contributed by atoms with Gasteiger partial charge in [-0.2, -0.15) is 0 Å². The number of rotatable bonds is 3. The van der Waals surface area contributed by atoms with Gasteiger partial charge in [0.2, 0.25) is 10.0 Å². The van der Waals surface area contributed by atoms with Crippen LogP contribution in [-0.4, -0.2) is 19.7 Å². The third-order valence-electron chi connectivity index (χ3n) is 1.53. The van der Waals surface area contributed by atoms with Gasteiger partial charge in [-0.25, -0.2) is 13.1 Å². The van der Waals surface area contributed by atoms with Crippen molar-refractivity contribution >= 4 is 10.0 Å². The minimum Gasteiger partial charge on any atom is -0.212 e. The van der Waals surface area contributed by atoms with E-state index in [9.17, 15) is 8.42 Å². The lowest BCUT2D eigenvalue weighted by molar-refractivity contribution is 0.572. The quantitative estimate of drug-likeness (QED) is 0.705. The van der Waals surface area contributed by atoms with Crippen molar-refractivity contribution in [2.45, 2.75) is 45.4 Å². The highest BCUT2D eigenvalue weighted by molar-refractivity contribution is 7.90. The second-order valence-corrected chi connectivity index (χ2v) is 5.25. The number of hydrogen-bond acceptors (Lipinski definition) is 2. The van der Waals surface area contributed by atoms with Crippen LogP contribution in [0.1, 0.15) is 34.1 Å². The maximum absolute atomic E-state index is 11.1. The van der Waals surface area contributed by atoms with Crippen LogP contribution < -0.4 is 4.72 Å². The molecule has 0 aromatic heterocycles. The Labute approximate surface area is 69.2 Å². The highest BCUT2D eigenvalue weighted by Crippen LogP contribution is 2.20. The van der Waals surface area contributed by atoms with Crippen molar-refractivity contribution < 1.29 is 8.42 Å². The zero-order chi connectivity index (χ0) is 7.78. The van der Waals surface area contributed by atoms with E-state index in [0.29, 0.717) is 0 Å². The SMILES string of the molecule is C.CC(C)S(=O)(=O)NC1CC1. The van der Waals surface area contributed by atoms with Crippen LogP contribution in [0.4, 0.5) is 0 Å². The van der Waals surface area contributed by atoms with Crippen LogP contribution in [-0.2, 0) is 10.0 Å². The summed E-state index contributed by atoms with van der Waals surface area (Å²) in [5, 5.41) is -0.298. The average Bonchev–Trinajstić information content (AvgIpc) is 2.48. The summed E-state index contributed by atoms with van der Waals surface area (Å²) in [5.41, 5.74) is 0. The molecule has 3 nitrogen and oxygen atoms in total.